The molecule has 2 heterocycles. The van der Waals surface area contributed by atoms with Gasteiger partial charge in [-0.2, -0.15) is 17.0 Å². The summed E-state index contributed by atoms with van der Waals surface area (Å²) in [6, 6.07) is 0. The second kappa shape index (κ2) is 4.79. The highest BCUT2D eigenvalue weighted by atomic mass is 32.2. The lowest BCUT2D eigenvalue weighted by Gasteiger charge is -2.39. The van der Waals surface area contributed by atoms with Gasteiger partial charge in [-0.15, -0.1) is 0 Å². The third-order valence-electron chi connectivity index (χ3n) is 4.19. The summed E-state index contributed by atoms with van der Waals surface area (Å²) in [5.41, 5.74) is 5.25. The Bertz CT molecular complexity index is 420. The molecule has 18 heavy (non-hydrogen) atoms. The van der Waals surface area contributed by atoms with Gasteiger partial charge in [0.25, 0.3) is 10.2 Å². The van der Waals surface area contributed by atoms with Crippen LogP contribution in [0.25, 0.3) is 0 Å². The fourth-order valence-corrected chi connectivity index (χ4v) is 4.25. The SMILES string of the molecule is CC1(C(=N)N)CCN(S(=O)(=O)N2CCCC2)CC1. The highest BCUT2D eigenvalue weighted by Gasteiger charge is 2.39. The van der Waals surface area contributed by atoms with Crippen LogP contribution in [0.2, 0.25) is 0 Å². The highest BCUT2D eigenvalue weighted by molar-refractivity contribution is 7.86. The molecular weight excluding hydrogens is 252 g/mol. The fraction of sp³-hybridized carbons (Fsp3) is 0.909. The summed E-state index contributed by atoms with van der Waals surface area (Å²) < 4.78 is 27.8. The molecule has 0 saturated carbocycles. The van der Waals surface area contributed by atoms with Gasteiger partial charge in [-0.25, -0.2) is 0 Å². The van der Waals surface area contributed by atoms with Crippen LogP contribution in [-0.2, 0) is 10.2 Å². The molecule has 0 amide bonds. The van der Waals surface area contributed by atoms with E-state index in [2.05, 4.69) is 0 Å². The van der Waals surface area contributed by atoms with Crippen LogP contribution in [0, 0.1) is 10.8 Å². The van der Waals surface area contributed by atoms with Crippen molar-refractivity contribution in [2.45, 2.75) is 32.6 Å². The van der Waals surface area contributed by atoms with Crippen molar-refractivity contribution in [2.75, 3.05) is 26.2 Å². The molecule has 0 spiro atoms. The normalized spacial score (nSPS) is 26.3. The Balaban J connectivity index is 2.03. The second-order valence-electron chi connectivity index (χ2n) is 5.49. The van der Waals surface area contributed by atoms with E-state index in [1.165, 1.54) is 0 Å². The van der Waals surface area contributed by atoms with E-state index in [0.29, 0.717) is 39.0 Å². The summed E-state index contributed by atoms with van der Waals surface area (Å²) in [6.45, 7) is 4.16. The van der Waals surface area contributed by atoms with Crippen LogP contribution in [0.15, 0.2) is 0 Å². The topological polar surface area (TPSA) is 90.5 Å². The van der Waals surface area contributed by atoms with Crippen LogP contribution in [0.1, 0.15) is 32.6 Å². The first kappa shape index (κ1) is 13.8. The number of nitrogens with one attached hydrogen (secondary N) is 1. The molecule has 0 radical (unpaired) electrons. The quantitative estimate of drug-likeness (QED) is 0.575. The Morgan fingerprint density at radius 1 is 1.11 bits per heavy atom. The highest BCUT2D eigenvalue weighted by Crippen LogP contribution is 2.32. The summed E-state index contributed by atoms with van der Waals surface area (Å²) >= 11 is 0. The predicted molar refractivity (Wildman–Crippen MR) is 70.6 cm³/mol. The van der Waals surface area contributed by atoms with Crippen molar-refractivity contribution in [3.63, 3.8) is 0 Å². The molecule has 2 fully saturated rings. The summed E-state index contributed by atoms with van der Waals surface area (Å²) in [5.74, 6) is 0.167. The minimum atomic E-state index is -3.28. The molecule has 3 N–H and O–H groups in total. The Kier molecular flexibility index (Phi) is 3.66. The van der Waals surface area contributed by atoms with Crippen LogP contribution in [0.5, 0.6) is 0 Å². The van der Waals surface area contributed by atoms with Gasteiger partial charge in [-0.3, -0.25) is 5.41 Å². The standard InChI is InChI=1S/C11H22N4O2S/c1-11(10(12)13)4-8-15(9-5-11)18(16,17)14-6-2-3-7-14/h2-9H2,1H3,(H3,12,13). The summed E-state index contributed by atoms with van der Waals surface area (Å²) in [5, 5.41) is 7.57. The average molecular weight is 274 g/mol. The smallest absolute Gasteiger partial charge is 0.281 e. The molecule has 2 aliphatic rings. The van der Waals surface area contributed by atoms with E-state index in [4.69, 9.17) is 11.1 Å². The van der Waals surface area contributed by atoms with Gasteiger partial charge in [0.2, 0.25) is 0 Å². The van der Waals surface area contributed by atoms with Crippen LogP contribution in [-0.4, -0.2) is 49.0 Å². The second-order valence-corrected chi connectivity index (χ2v) is 7.42. The lowest BCUT2D eigenvalue weighted by Crippen LogP contribution is -2.50. The van der Waals surface area contributed by atoms with Crippen molar-refractivity contribution in [3.05, 3.63) is 0 Å². The van der Waals surface area contributed by atoms with Gasteiger partial charge in [0.05, 0.1) is 5.84 Å². The Labute approximate surface area is 109 Å². The molecule has 0 aromatic heterocycles. The number of amidine groups is 1. The van der Waals surface area contributed by atoms with Crippen molar-refractivity contribution in [1.82, 2.24) is 8.61 Å². The molecule has 2 aliphatic heterocycles. The van der Waals surface area contributed by atoms with E-state index in [0.717, 1.165) is 12.8 Å². The van der Waals surface area contributed by atoms with Crippen LogP contribution >= 0.6 is 0 Å². The molecule has 0 aromatic carbocycles. The van der Waals surface area contributed by atoms with E-state index in [9.17, 15) is 8.42 Å². The first-order chi connectivity index (χ1) is 8.36. The van der Waals surface area contributed by atoms with Crippen molar-refractivity contribution in [3.8, 4) is 0 Å². The largest absolute Gasteiger partial charge is 0.387 e. The molecular formula is C11H22N4O2S. The Hall–Kier alpha value is -0.660. The minimum absolute atomic E-state index is 0.167. The van der Waals surface area contributed by atoms with E-state index >= 15 is 0 Å². The molecule has 6 nitrogen and oxygen atoms in total. The van der Waals surface area contributed by atoms with Crippen LogP contribution < -0.4 is 5.73 Å². The maximum Gasteiger partial charge on any atom is 0.281 e. The Morgan fingerprint density at radius 2 is 1.56 bits per heavy atom. The number of piperidine rings is 1. The van der Waals surface area contributed by atoms with Crippen LogP contribution in [0.4, 0.5) is 0 Å². The zero-order valence-electron chi connectivity index (χ0n) is 10.9. The lowest BCUT2D eigenvalue weighted by atomic mass is 9.80. The summed E-state index contributed by atoms with van der Waals surface area (Å²) in [4.78, 5) is 0. The lowest BCUT2D eigenvalue weighted by molar-refractivity contribution is 0.229. The number of rotatable bonds is 3. The van der Waals surface area contributed by atoms with Gasteiger partial charge in [-0.1, -0.05) is 6.92 Å². The summed E-state index contributed by atoms with van der Waals surface area (Å²) in [6.07, 6.45) is 3.18. The van der Waals surface area contributed by atoms with Crippen molar-refractivity contribution >= 4 is 16.0 Å². The van der Waals surface area contributed by atoms with E-state index in [-0.39, 0.29) is 11.3 Å². The van der Waals surface area contributed by atoms with E-state index in [1.807, 2.05) is 6.92 Å². The van der Waals surface area contributed by atoms with Crippen molar-refractivity contribution < 1.29 is 8.42 Å². The Morgan fingerprint density at radius 3 is 2.00 bits per heavy atom. The molecule has 0 atom stereocenters. The molecule has 2 rings (SSSR count). The van der Waals surface area contributed by atoms with E-state index in [1.54, 1.807) is 8.61 Å². The number of hydrogen-bond donors (Lipinski definition) is 2. The van der Waals surface area contributed by atoms with E-state index < -0.39 is 10.2 Å². The number of nitrogens with zero attached hydrogens (tertiary/aromatic N) is 2. The van der Waals surface area contributed by atoms with Gasteiger partial charge in [0.1, 0.15) is 0 Å². The van der Waals surface area contributed by atoms with Crippen LogP contribution in [0.3, 0.4) is 0 Å². The van der Waals surface area contributed by atoms with Gasteiger partial charge in [0.15, 0.2) is 0 Å². The summed E-state index contributed by atoms with van der Waals surface area (Å²) in [7, 11) is -3.28. The zero-order chi connectivity index (χ0) is 13.4. The fourth-order valence-electron chi connectivity index (χ4n) is 2.56. The molecule has 0 bridgehead atoms. The first-order valence-corrected chi connectivity index (χ1v) is 7.86. The first-order valence-electron chi connectivity index (χ1n) is 6.46. The van der Waals surface area contributed by atoms with Gasteiger partial charge >= 0.3 is 0 Å². The molecule has 0 aliphatic carbocycles. The maximum absolute atomic E-state index is 12.3. The average Bonchev–Trinajstić information content (AvgIpc) is 2.83. The molecule has 0 unspecified atom stereocenters. The minimum Gasteiger partial charge on any atom is -0.387 e. The third-order valence-corrected chi connectivity index (χ3v) is 6.23. The van der Waals surface area contributed by atoms with Gasteiger partial charge in [-0.05, 0) is 25.7 Å². The van der Waals surface area contributed by atoms with Gasteiger partial charge < -0.3 is 5.73 Å². The zero-order valence-corrected chi connectivity index (χ0v) is 11.7. The predicted octanol–water partition coefficient (Wildman–Crippen LogP) is 0.365. The molecule has 104 valence electrons. The number of hydrogen-bond acceptors (Lipinski definition) is 3. The van der Waals surface area contributed by atoms with Gasteiger partial charge in [0, 0.05) is 31.6 Å². The van der Waals surface area contributed by atoms with Crippen molar-refractivity contribution in [1.29, 1.82) is 5.41 Å². The van der Waals surface area contributed by atoms with Crippen molar-refractivity contribution in [2.24, 2.45) is 11.1 Å². The molecule has 0 aromatic rings. The number of nitrogens with two attached hydrogens (primary N) is 1. The maximum atomic E-state index is 12.3. The third kappa shape index (κ3) is 2.39. The molecule has 7 heteroatoms. The molecule has 2 saturated heterocycles. The monoisotopic (exact) mass is 274 g/mol.